The van der Waals surface area contributed by atoms with E-state index in [0.717, 1.165) is 16.8 Å². The standard InChI is InChI=1S/C15H21NO3/c1-9(2)11-6-5-7-12(10(3)4)15(11)16-13(17)8-14(18)19/h5-7,9-10H,8H2,1-4H3,(H,16,17)(H,18,19). The van der Waals surface area contributed by atoms with E-state index < -0.39 is 18.3 Å². The Hall–Kier alpha value is -1.84. The number of hydrogen-bond acceptors (Lipinski definition) is 2. The Balaban J connectivity index is 3.14. The maximum Gasteiger partial charge on any atom is 0.312 e. The molecule has 0 atom stereocenters. The van der Waals surface area contributed by atoms with Crippen LogP contribution in [0.25, 0.3) is 0 Å². The molecule has 0 radical (unpaired) electrons. The molecule has 0 unspecified atom stereocenters. The Morgan fingerprint density at radius 1 is 1.11 bits per heavy atom. The fourth-order valence-corrected chi connectivity index (χ4v) is 2.02. The van der Waals surface area contributed by atoms with Gasteiger partial charge in [-0.05, 0) is 23.0 Å². The average Bonchev–Trinajstić information content (AvgIpc) is 2.27. The van der Waals surface area contributed by atoms with Crippen molar-refractivity contribution in [1.82, 2.24) is 0 Å². The van der Waals surface area contributed by atoms with E-state index in [1.54, 1.807) is 0 Å². The number of hydrogen-bond donors (Lipinski definition) is 2. The molecule has 0 aliphatic rings. The van der Waals surface area contributed by atoms with Crippen LogP contribution in [-0.4, -0.2) is 17.0 Å². The second-order valence-corrected chi connectivity index (χ2v) is 5.24. The predicted molar refractivity (Wildman–Crippen MR) is 75.5 cm³/mol. The zero-order valence-electron chi connectivity index (χ0n) is 11.9. The van der Waals surface area contributed by atoms with Gasteiger partial charge in [-0.15, -0.1) is 0 Å². The largest absolute Gasteiger partial charge is 0.481 e. The summed E-state index contributed by atoms with van der Waals surface area (Å²) < 4.78 is 0. The lowest BCUT2D eigenvalue weighted by Gasteiger charge is -2.19. The Morgan fingerprint density at radius 3 is 1.95 bits per heavy atom. The third-order valence-electron chi connectivity index (χ3n) is 2.95. The summed E-state index contributed by atoms with van der Waals surface area (Å²) in [5.41, 5.74) is 2.83. The summed E-state index contributed by atoms with van der Waals surface area (Å²) >= 11 is 0. The van der Waals surface area contributed by atoms with Crippen molar-refractivity contribution < 1.29 is 14.7 Å². The van der Waals surface area contributed by atoms with Crippen LogP contribution in [0.5, 0.6) is 0 Å². The predicted octanol–water partition coefficient (Wildman–Crippen LogP) is 3.35. The van der Waals surface area contributed by atoms with Crippen LogP contribution in [0.3, 0.4) is 0 Å². The van der Waals surface area contributed by atoms with Crippen molar-refractivity contribution in [2.24, 2.45) is 0 Å². The highest BCUT2D eigenvalue weighted by Crippen LogP contribution is 2.32. The molecule has 104 valence electrons. The van der Waals surface area contributed by atoms with E-state index in [1.165, 1.54) is 0 Å². The summed E-state index contributed by atoms with van der Waals surface area (Å²) in [5.74, 6) is -1.08. The minimum absolute atomic E-state index is 0.263. The van der Waals surface area contributed by atoms with E-state index in [4.69, 9.17) is 5.11 Å². The lowest BCUT2D eigenvalue weighted by atomic mass is 9.92. The first kappa shape index (κ1) is 15.2. The molecule has 0 saturated carbocycles. The zero-order chi connectivity index (χ0) is 14.6. The second kappa shape index (κ2) is 6.36. The van der Waals surface area contributed by atoms with Crippen LogP contribution in [0, 0.1) is 0 Å². The molecule has 0 aromatic heterocycles. The van der Waals surface area contributed by atoms with Crippen molar-refractivity contribution in [2.75, 3.05) is 5.32 Å². The number of benzene rings is 1. The topological polar surface area (TPSA) is 66.4 Å². The van der Waals surface area contributed by atoms with E-state index in [0.29, 0.717) is 0 Å². The smallest absolute Gasteiger partial charge is 0.312 e. The molecular weight excluding hydrogens is 242 g/mol. The normalized spacial score (nSPS) is 10.8. The Morgan fingerprint density at radius 2 is 1.58 bits per heavy atom. The lowest BCUT2D eigenvalue weighted by Crippen LogP contribution is -2.18. The molecule has 19 heavy (non-hydrogen) atoms. The van der Waals surface area contributed by atoms with Crippen LogP contribution < -0.4 is 5.32 Å². The van der Waals surface area contributed by atoms with Gasteiger partial charge in [0.25, 0.3) is 0 Å². The maximum absolute atomic E-state index is 11.7. The molecule has 1 aromatic carbocycles. The summed E-state index contributed by atoms with van der Waals surface area (Å²) in [5, 5.41) is 11.4. The molecule has 1 rings (SSSR count). The van der Waals surface area contributed by atoms with E-state index in [2.05, 4.69) is 5.32 Å². The van der Waals surface area contributed by atoms with Crippen LogP contribution in [0.1, 0.15) is 57.1 Å². The van der Waals surface area contributed by atoms with Crippen molar-refractivity contribution in [3.8, 4) is 0 Å². The zero-order valence-corrected chi connectivity index (χ0v) is 11.9. The van der Waals surface area contributed by atoms with Gasteiger partial charge in [-0.25, -0.2) is 0 Å². The van der Waals surface area contributed by atoms with Gasteiger partial charge in [0.1, 0.15) is 6.42 Å². The van der Waals surface area contributed by atoms with E-state index >= 15 is 0 Å². The highest BCUT2D eigenvalue weighted by Gasteiger charge is 2.16. The van der Waals surface area contributed by atoms with Gasteiger partial charge in [0.2, 0.25) is 5.91 Å². The van der Waals surface area contributed by atoms with Gasteiger partial charge in [0.05, 0.1) is 0 Å². The van der Waals surface area contributed by atoms with E-state index in [-0.39, 0.29) is 11.8 Å². The minimum Gasteiger partial charge on any atom is -0.481 e. The number of carbonyl (C=O) groups is 2. The number of rotatable bonds is 5. The van der Waals surface area contributed by atoms with Gasteiger partial charge in [-0.1, -0.05) is 45.9 Å². The van der Waals surface area contributed by atoms with Crippen LogP contribution in [-0.2, 0) is 9.59 Å². The molecule has 0 heterocycles. The van der Waals surface area contributed by atoms with Crippen molar-refractivity contribution in [3.63, 3.8) is 0 Å². The fourth-order valence-electron chi connectivity index (χ4n) is 2.02. The van der Waals surface area contributed by atoms with Gasteiger partial charge in [0, 0.05) is 5.69 Å². The SMILES string of the molecule is CC(C)c1cccc(C(C)C)c1NC(=O)CC(=O)O. The summed E-state index contributed by atoms with van der Waals surface area (Å²) in [6, 6.07) is 5.90. The van der Waals surface area contributed by atoms with Crippen molar-refractivity contribution >= 4 is 17.6 Å². The number of carbonyl (C=O) groups excluding carboxylic acids is 1. The van der Waals surface area contributed by atoms with Crippen LogP contribution in [0.2, 0.25) is 0 Å². The molecule has 4 nitrogen and oxygen atoms in total. The van der Waals surface area contributed by atoms with Crippen LogP contribution in [0.15, 0.2) is 18.2 Å². The third-order valence-corrected chi connectivity index (χ3v) is 2.95. The second-order valence-electron chi connectivity index (χ2n) is 5.24. The van der Waals surface area contributed by atoms with E-state index in [1.807, 2.05) is 45.9 Å². The minimum atomic E-state index is -1.12. The van der Waals surface area contributed by atoms with Gasteiger partial charge < -0.3 is 10.4 Å². The first-order chi connectivity index (χ1) is 8.82. The van der Waals surface area contributed by atoms with Gasteiger partial charge in [-0.2, -0.15) is 0 Å². The fraction of sp³-hybridized carbons (Fsp3) is 0.467. The highest BCUT2D eigenvalue weighted by molar-refractivity contribution is 6.02. The number of nitrogens with one attached hydrogen (secondary N) is 1. The molecule has 1 aromatic rings. The maximum atomic E-state index is 11.7. The molecule has 2 N–H and O–H groups in total. The van der Waals surface area contributed by atoms with Crippen LogP contribution in [0.4, 0.5) is 5.69 Å². The number of aliphatic carboxylic acids is 1. The number of para-hydroxylation sites is 1. The summed E-state index contributed by atoms with van der Waals surface area (Å²) in [6.45, 7) is 8.19. The molecule has 0 spiro atoms. The first-order valence-corrected chi connectivity index (χ1v) is 6.47. The van der Waals surface area contributed by atoms with Crippen molar-refractivity contribution in [1.29, 1.82) is 0 Å². The Labute approximate surface area is 113 Å². The monoisotopic (exact) mass is 263 g/mol. The Bertz CT molecular complexity index is 452. The van der Waals surface area contributed by atoms with Gasteiger partial charge >= 0.3 is 5.97 Å². The van der Waals surface area contributed by atoms with Crippen LogP contribution >= 0.6 is 0 Å². The quantitative estimate of drug-likeness (QED) is 0.801. The lowest BCUT2D eigenvalue weighted by molar-refractivity contribution is -0.139. The molecule has 0 fully saturated rings. The first-order valence-electron chi connectivity index (χ1n) is 6.47. The van der Waals surface area contributed by atoms with E-state index in [9.17, 15) is 9.59 Å². The molecule has 0 bridgehead atoms. The number of anilines is 1. The van der Waals surface area contributed by atoms with Crippen molar-refractivity contribution in [2.45, 2.75) is 46.0 Å². The third kappa shape index (κ3) is 4.09. The summed E-state index contributed by atoms with van der Waals surface area (Å²) in [4.78, 5) is 22.3. The van der Waals surface area contributed by atoms with Gasteiger partial charge in [0.15, 0.2) is 0 Å². The molecule has 4 heteroatoms. The molecule has 0 aliphatic carbocycles. The number of carboxylic acid groups (broad SMARTS) is 1. The Kier molecular flexibility index (Phi) is 5.10. The average molecular weight is 263 g/mol. The molecule has 0 aliphatic heterocycles. The molecular formula is C15H21NO3. The highest BCUT2D eigenvalue weighted by atomic mass is 16.4. The summed E-state index contributed by atoms with van der Waals surface area (Å²) in [6.07, 6.45) is -0.510. The summed E-state index contributed by atoms with van der Waals surface area (Å²) in [7, 11) is 0. The molecule has 1 amide bonds. The van der Waals surface area contributed by atoms with Crippen molar-refractivity contribution in [3.05, 3.63) is 29.3 Å². The number of amides is 1. The molecule has 0 saturated heterocycles. The van der Waals surface area contributed by atoms with Gasteiger partial charge in [-0.3, -0.25) is 9.59 Å². The number of carboxylic acids is 1.